The van der Waals surface area contributed by atoms with E-state index in [-0.39, 0.29) is 5.82 Å². The Hall–Kier alpha value is -2.19. The van der Waals surface area contributed by atoms with Gasteiger partial charge >= 0.3 is 0 Å². The number of halogens is 2. The van der Waals surface area contributed by atoms with Crippen molar-refractivity contribution in [1.29, 1.82) is 5.26 Å². The first-order chi connectivity index (χ1) is 9.60. The van der Waals surface area contributed by atoms with E-state index < -0.39 is 0 Å². The molecule has 0 aliphatic heterocycles. The highest BCUT2D eigenvalue weighted by Crippen LogP contribution is 2.30. The second kappa shape index (κ2) is 4.73. The lowest BCUT2D eigenvalue weighted by atomic mass is 10.2. The molecule has 0 N–H and O–H groups in total. The molecule has 3 aromatic rings. The second-order valence-electron chi connectivity index (χ2n) is 4.43. The molecule has 0 spiro atoms. The first kappa shape index (κ1) is 12.8. The maximum absolute atomic E-state index is 13.4. The number of aromatic nitrogens is 2. The quantitative estimate of drug-likeness (QED) is 0.676. The van der Waals surface area contributed by atoms with Crippen LogP contribution in [0.5, 0.6) is 0 Å². The van der Waals surface area contributed by atoms with E-state index in [9.17, 15) is 4.39 Å². The fourth-order valence-electron chi connectivity index (χ4n) is 2.18. The summed E-state index contributed by atoms with van der Waals surface area (Å²) in [6.07, 6.45) is 0. The molecular weight excluding hydrogens is 321 g/mol. The maximum atomic E-state index is 13.4. The minimum absolute atomic E-state index is 0.312. The summed E-state index contributed by atoms with van der Waals surface area (Å²) in [7, 11) is 1.87. The lowest BCUT2D eigenvalue weighted by Crippen LogP contribution is -1.94. The van der Waals surface area contributed by atoms with Gasteiger partial charge in [0.1, 0.15) is 11.6 Å². The van der Waals surface area contributed by atoms with Gasteiger partial charge in [-0.1, -0.05) is 15.9 Å². The Bertz CT molecular complexity index is 861. The maximum Gasteiger partial charge on any atom is 0.142 e. The zero-order valence-electron chi connectivity index (χ0n) is 10.6. The van der Waals surface area contributed by atoms with Crippen LogP contribution in [0.15, 0.2) is 40.9 Å². The van der Waals surface area contributed by atoms with Crippen molar-refractivity contribution in [2.75, 3.05) is 0 Å². The Morgan fingerprint density at radius 3 is 2.80 bits per heavy atom. The number of nitriles is 1. The van der Waals surface area contributed by atoms with E-state index in [1.165, 1.54) is 12.1 Å². The van der Waals surface area contributed by atoms with Crippen molar-refractivity contribution in [2.24, 2.45) is 7.05 Å². The van der Waals surface area contributed by atoms with E-state index in [1.807, 2.05) is 17.7 Å². The standard InChI is InChI=1S/C15H9BrFN3/c1-20-14-5-2-9(8-18)6-13(14)19-15(20)11-7-10(17)3-4-12(11)16/h2-7H,1H3. The summed E-state index contributed by atoms with van der Waals surface area (Å²) in [5.74, 6) is 0.342. The van der Waals surface area contributed by atoms with Crippen molar-refractivity contribution in [1.82, 2.24) is 9.55 Å². The van der Waals surface area contributed by atoms with E-state index in [2.05, 4.69) is 27.0 Å². The molecule has 3 rings (SSSR count). The van der Waals surface area contributed by atoms with E-state index in [4.69, 9.17) is 5.26 Å². The number of rotatable bonds is 1. The minimum atomic E-state index is -0.312. The Balaban J connectivity index is 2.29. The number of imidazole rings is 1. The lowest BCUT2D eigenvalue weighted by molar-refractivity contribution is 0.628. The molecule has 0 unspecified atom stereocenters. The molecule has 0 amide bonds. The molecule has 0 aliphatic carbocycles. The van der Waals surface area contributed by atoms with Gasteiger partial charge in [-0.3, -0.25) is 0 Å². The van der Waals surface area contributed by atoms with Crippen molar-refractivity contribution in [3.8, 4) is 17.5 Å². The fraction of sp³-hybridized carbons (Fsp3) is 0.0667. The Morgan fingerprint density at radius 2 is 2.05 bits per heavy atom. The molecule has 0 radical (unpaired) electrons. The molecule has 2 aromatic carbocycles. The van der Waals surface area contributed by atoms with Gasteiger partial charge < -0.3 is 4.57 Å². The van der Waals surface area contributed by atoms with Crippen LogP contribution in [-0.2, 0) is 7.05 Å². The number of hydrogen-bond acceptors (Lipinski definition) is 2. The van der Waals surface area contributed by atoms with E-state index >= 15 is 0 Å². The van der Waals surface area contributed by atoms with Gasteiger partial charge in [-0.05, 0) is 36.4 Å². The molecule has 1 aromatic heterocycles. The summed E-state index contributed by atoms with van der Waals surface area (Å²) in [4.78, 5) is 4.51. The minimum Gasteiger partial charge on any atom is -0.327 e. The molecule has 5 heteroatoms. The van der Waals surface area contributed by atoms with Gasteiger partial charge in [-0.2, -0.15) is 5.26 Å². The van der Waals surface area contributed by atoms with Crippen LogP contribution < -0.4 is 0 Å². The molecule has 0 atom stereocenters. The SMILES string of the molecule is Cn1c(-c2cc(F)ccc2Br)nc2cc(C#N)ccc21. The predicted molar refractivity (Wildman–Crippen MR) is 78.5 cm³/mol. The van der Waals surface area contributed by atoms with Crippen molar-refractivity contribution in [2.45, 2.75) is 0 Å². The number of nitrogens with zero attached hydrogens (tertiary/aromatic N) is 3. The first-order valence-corrected chi connectivity index (χ1v) is 6.71. The highest BCUT2D eigenvalue weighted by Gasteiger charge is 2.13. The van der Waals surface area contributed by atoms with Crippen molar-refractivity contribution < 1.29 is 4.39 Å². The molecule has 20 heavy (non-hydrogen) atoms. The topological polar surface area (TPSA) is 41.6 Å². The van der Waals surface area contributed by atoms with Gasteiger partial charge in [0, 0.05) is 17.1 Å². The van der Waals surface area contributed by atoms with Crippen LogP contribution in [0, 0.1) is 17.1 Å². The zero-order chi connectivity index (χ0) is 14.3. The van der Waals surface area contributed by atoms with Gasteiger partial charge in [-0.25, -0.2) is 9.37 Å². The van der Waals surface area contributed by atoms with Gasteiger partial charge in [-0.15, -0.1) is 0 Å². The summed E-state index contributed by atoms with van der Waals surface area (Å²) < 4.78 is 16.1. The third-order valence-electron chi connectivity index (χ3n) is 3.18. The van der Waals surface area contributed by atoms with Crippen LogP contribution in [-0.4, -0.2) is 9.55 Å². The molecule has 3 nitrogen and oxygen atoms in total. The molecule has 0 aliphatic rings. The van der Waals surface area contributed by atoms with Crippen LogP contribution in [0.25, 0.3) is 22.4 Å². The van der Waals surface area contributed by atoms with Crippen LogP contribution in [0.2, 0.25) is 0 Å². The molecule has 0 saturated heterocycles. The van der Waals surface area contributed by atoms with Crippen molar-refractivity contribution >= 4 is 27.0 Å². The largest absolute Gasteiger partial charge is 0.327 e. The molecule has 0 saturated carbocycles. The summed E-state index contributed by atoms with van der Waals surface area (Å²) in [5, 5.41) is 8.93. The van der Waals surface area contributed by atoms with Gasteiger partial charge in [0.05, 0.1) is 22.7 Å². The summed E-state index contributed by atoms with van der Waals surface area (Å²) in [6, 6.07) is 11.9. The average Bonchev–Trinajstić information content (AvgIpc) is 2.78. The van der Waals surface area contributed by atoms with E-state index in [1.54, 1.807) is 18.2 Å². The van der Waals surface area contributed by atoms with Crippen LogP contribution in [0.3, 0.4) is 0 Å². The Labute approximate surface area is 123 Å². The van der Waals surface area contributed by atoms with Gasteiger partial charge in [0.25, 0.3) is 0 Å². The Morgan fingerprint density at radius 1 is 1.25 bits per heavy atom. The van der Waals surface area contributed by atoms with Crippen LogP contribution >= 0.6 is 15.9 Å². The summed E-state index contributed by atoms with van der Waals surface area (Å²) in [5.41, 5.74) is 2.86. The van der Waals surface area contributed by atoms with Crippen LogP contribution in [0.4, 0.5) is 4.39 Å². The van der Waals surface area contributed by atoms with Crippen LogP contribution in [0.1, 0.15) is 5.56 Å². The highest BCUT2D eigenvalue weighted by molar-refractivity contribution is 9.10. The number of hydrogen-bond donors (Lipinski definition) is 0. The monoisotopic (exact) mass is 329 g/mol. The number of aryl methyl sites for hydroxylation is 1. The number of fused-ring (bicyclic) bond motifs is 1. The number of benzene rings is 2. The smallest absolute Gasteiger partial charge is 0.142 e. The highest BCUT2D eigenvalue weighted by atomic mass is 79.9. The van der Waals surface area contributed by atoms with Crippen molar-refractivity contribution in [3.63, 3.8) is 0 Å². The third-order valence-corrected chi connectivity index (χ3v) is 3.87. The molecule has 0 bridgehead atoms. The van der Waals surface area contributed by atoms with E-state index in [0.29, 0.717) is 17.0 Å². The second-order valence-corrected chi connectivity index (χ2v) is 5.29. The molecule has 98 valence electrons. The van der Waals surface area contributed by atoms with Gasteiger partial charge in [0.15, 0.2) is 0 Å². The van der Waals surface area contributed by atoms with Crippen molar-refractivity contribution in [3.05, 3.63) is 52.3 Å². The first-order valence-electron chi connectivity index (χ1n) is 5.92. The molecule has 1 heterocycles. The normalized spacial score (nSPS) is 10.7. The summed E-state index contributed by atoms with van der Waals surface area (Å²) >= 11 is 3.41. The molecular formula is C15H9BrFN3. The fourth-order valence-corrected chi connectivity index (χ4v) is 2.60. The Kier molecular flexibility index (Phi) is 3.03. The van der Waals surface area contributed by atoms with Gasteiger partial charge in [0.2, 0.25) is 0 Å². The lowest BCUT2D eigenvalue weighted by Gasteiger charge is -2.05. The zero-order valence-corrected chi connectivity index (χ0v) is 12.1. The summed E-state index contributed by atoms with van der Waals surface area (Å²) in [6.45, 7) is 0. The molecule has 0 fully saturated rings. The third kappa shape index (κ3) is 1.98. The average molecular weight is 330 g/mol. The predicted octanol–water partition coefficient (Wildman–Crippen LogP) is 4.01. The van der Waals surface area contributed by atoms with E-state index in [0.717, 1.165) is 15.5 Å².